The summed E-state index contributed by atoms with van der Waals surface area (Å²) in [7, 11) is 1.69. The number of ether oxygens (including phenoxy) is 2. The molecular formula is C21H29NO2. The van der Waals surface area contributed by atoms with Crippen LogP contribution in [-0.4, -0.2) is 13.7 Å². The lowest BCUT2D eigenvalue weighted by Crippen LogP contribution is -2.13. The predicted molar refractivity (Wildman–Crippen MR) is 99.7 cm³/mol. The van der Waals surface area contributed by atoms with Crippen molar-refractivity contribution in [2.24, 2.45) is 0 Å². The highest BCUT2D eigenvalue weighted by molar-refractivity contribution is 5.43. The Hall–Kier alpha value is -2.00. The minimum absolute atomic E-state index is 0.745. The standard InChI is InChI=1S/C21H29NO2/c1-4-5-6-12-24-20-11-10-19(14-21(20)23-3)16-22-15-18-9-7-8-17(2)13-18/h7-11,13-14,22H,4-6,12,15-16H2,1-3H3. The minimum Gasteiger partial charge on any atom is -0.493 e. The van der Waals surface area contributed by atoms with E-state index in [4.69, 9.17) is 9.47 Å². The molecule has 0 saturated heterocycles. The molecule has 3 nitrogen and oxygen atoms in total. The van der Waals surface area contributed by atoms with Gasteiger partial charge >= 0.3 is 0 Å². The summed E-state index contributed by atoms with van der Waals surface area (Å²) in [4.78, 5) is 0. The van der Waals surface area contributed by atoms with Gasteiger partial charge in [-0.25, -0.2) is 0 Å². The molecule has 0 aromatic heterocycles. The summed E-state index contributed by atoms with van der Waals surface area (Å²) in [5.74, 6) is 1.64. The molecule has 2 aromatic carbocycles. The zero-order valence-corrected chi connectivity index (χ0v) is 15.1. The van der Waals surface area contributed by atoms with Crippen molar-refractivity contribution in [2.75, 3.05) is 13.7 Å². The average molecular weight is 327 g/mol. The predicted octanol–water partition coefficient (Wildman–Crippen LogP) is 4.86. The van der Waals surface area contributed by atoms with Crippen molar-refractivity contribution in [3.63, 3.8) is 0 Å². The van der Waals surface area contributed by atoms with Crippen LogP contribution >= 0.6 is 0 Å². The van der Waals surface area contributed by atoms with Gasteiger partial charge in [0.15, 0.2) is 11.5 Å². The Kier molecular flexibility index (Phi) is 7.63. The Balaban J connectivity index is 1.86. The van der Waals surface area contributed by atoms with Crippen LogP contribution in [0, 0.1) is 6.92 Å². The van der Waals surface area contributed by atoms with Crippen LogP contribution in [0.1, 0.15) is 42.9 Å². The molecule has 0 amide bonds. The van der Waals surface area contributed by atoms with Gasteiger partial charge in [0.25, 0.3) is 0 Å². The zero-order valence-electron chi connectivity index (χ0n) is 15.1. The fourth-order valence-corrected chi connectivity index (χ4v) is 2.65. The summed E-state index contributed by atoms with van der Waals surface area (Å²) in [6.07, 6.45) is 3.48. The third-order valence-electron chi connectivity index (χ3n) is 3.97. The van der Waals surface area contributed by atoms with Gasteiger partial charge in [-0.15, -0.1) is 0 Å². The monoisotopic (exact) mass is 327 g/mol. The van der Waals surface area contributed by atoms with E-state index in [1.54, 1.807) is 7.11 Å². The first-order chi connectivity index (χ1) is 11.7. The summed E-state index contributed by atoms with van der Waals surface area (Å²) >= 11 is 0. The number of nitrogens with one attached hydrogen (secondary N) is 1. The highest BCUT2D eigenvalue weighted by Gasteiger charge is 2.06. The van der Waals surface area contributed by atoms with Gasteiger partial charge in [-0.3, -0.25) is 0 Å². The Labute approximate surface area is 146 Å². The van der Waals surface area contributed by atoms with Crippen LogP contribution in [0.25, 0.3) is 0 Å². The second-order valence-corrected chi connectivity index (χ2v) is 6.13. The molecule has 0 saturated carbocycles. The number of aryl methyl sites for hydroxylation is 1. The molecule has 0 heterocycles. The molecule has 0 fully saturated rings. The normalized spacial score (nSPS) is 10.6. The van der Waals surface area contributed by atoms with Crippen molar-refractivity contribution in [2.45, 2.75) is 46.2 Å². The van der Waals surface area contributed by atoms with Crippen LogP contribution in [0.4, 0.5) is 0 Å². The van der Waals surface area contributed by atoms with E-state index in [-0.39, 0.29) is 0 Å². The smallest absolute Gasteiger partial charge is 0.161 e. The fourth-order valence-electron chi connectivity index (χ4n) is 2.65. The summed E-state index contributed by atoms with van der Waals surface area (Å²) < 4.78 is 11.3. The van der Waals surface area contributed by atoms with E-state index in [0.717, 1.165) is 37.6 Å². The van der Waals surface area contributed by atoms with Gasteiger partial charge in [-0.05, 0) is 36.6 Å². The molecular weight excluding hydrogens is 298 g/mol. The molecule has 0 aliphatic rings. The van der Waals surface area contributed by atoms with E-state index in [9.17, 15) is 0 Å². The number of hydrogen-bond acceptors (Lipinski definition) is 3. The molecule has 0 radical (unpaired) electrons. The van der Waals surface area contributed by atoms with Crippen molar-refractivity contribution >= 4 is 0 Å². The third-order valence-corrected chi connectivity index (χ3v) is 3.97. The Morgan fingerprint density at radius 2 is 1.71 bits per heavy atom. The molecule has 2 rings (SSSR count). The van der Waals surface area contributed by atoms with Crippen molar-refractivity contribution in [3.8, 4) is 11.5 Å². The maximum atomic E-state index is 5.83. The largest absolute Gasteiger partial charge is 0.493 e. The molecule has 24 heavy (non-hydrogen) atoms. The first-order valence-corrected chi connectivity index (χ1v) is 8.79. The van der Waals surface area contributed by atoms with Crippen LogP contribution in [0.2, 0.25) is 0 Å². The first kappa shape index (κ1) is 18.3. The SMILES string of the molecule is CCCCCOc1ccc(CNCc2cccc(C)c2)cc1OC. The highest BCUT2D eigenvalue weighted by Crippen LogP contribution is 2.28. The Bertz CT molecular complexity index is 625. The minimum atomic E-state index is 0.745. The van der Waals surface area contributed by atoms with E-state index >= 15 is 0 Å². The maximum absolute atomic E-state index is 5.83. The van der Waals surface area contributed by atoms with Gasteiger partial charge in [0.1, 0.15) is 0 Å². The van der Waals surface area contributed by atoms with Gasteiger partial charge < -0.3 is 14.8 Å². The van der Waals surface area contributed by atoms with Crippen molar-refractivity contribution in [1.82, 2.24) is 5.32 Å². The van der Waals surface area contributed by atoms with Crippen LogP contribution < -0.4 is 14.8 Å². The Morgan fingerprint density at radius 1 is 0.917 bits per heavy atom. The van der Waals surface area contributed by atoms with Gasteiger partial charge in [-0.2, -0.15) is 0 Å². The molecule has 0 aliphatic carbocycles. The summed E-state index contributed by atoms with van der Waals surface area (Å²) in [5, 5.41) is 3.48. The van der Waals surface area contributed by atoms with Crippen molar-refractivity contribution in [3.05, 3.63) is 59.2 Å². The van der Waals surface area contributed by atoms with Gasteiger partial charge in [0.2, 0.25) is 0 Å². The fraction of sp³-hybridized carbons (Fsp3) is 0.429. The van der Waals surface area contributed by atoms with Crippen LogP contribution in [0.15, 0.2) is 42.5 Å². The molecule has 0 bridgehead atoms. The van der Waals surface area contributed by atoms with Crippen LogP contribution in [0.3, 0.4) is 0 Å². The quantitative estimate of drug-likeness (QED) is 0.632. The number of hydrogen-bond donors (Lipinski definition) is 1. The topological polar surface area (TPSA) is 30.5 Å². The molecule has 0 atom stereocenters. The highest BCUT2D eigenvalue weighted by atomic mass is 16.5. The Morgan fingerprint density at radius 3 is 2.42 bits per heavy atom. The molecule has 1 N–H and O–H groups in total. The molecule has 3 heteroatoms. The van der Waals surface area contributed by atoms with Gasteiger partial charge in [0.05, 0.1) is 13.7 Å². The van der Waals surface area contributed by atoms with E-state index in [1.807, 2.05) is 6.07 Å². The van der Waals surface area contributed by atoms with Crippen LogP contribution in [0.5, 0.6) is 11.5 Å². The number of benzene rings is 2. The van der Waals surface area contributed by atoms with E-state index in [2.05, 4.69) is 55.6 Å². The third kappa shape index (κ3) is 5.89. The van der Waals surface area contributed by atoms with Gasteiger partial charge in [0, 0.05) is 13.1 Å². The van der Waals surface area contributed by atoms with Crippen molar-refractivity contribution < 1.29 is 9.47 Å². The van der Waals surface area contributed by atoms with Gasteiger partial charge in [-0.1, -0.05) is 55.7 Å². The molecule has 0 unspecified atom stereocenters. The summed E-state index contributed by atoms with van der Waals surface area (Å²) in [5.41, 5.74) is 3.79. The lowest BCUT2D eigenvalue weighted by atomic mass is 10.1. The van der Waals surface area contributed by atoms with E-state index in [1.165, 1.54) is 29.5 Å². The first-order valence-electron chi connectivity index (χ1n) is 8.79. The number of methoxy groups -OCH3 is 1. The second kappa shape index (κ2) is 9.99. The molecule has 0 aliphatic heterocycles. The summed E-state index contributed by atoms with van der Waals surface area (Å²) in [6.45, 7) is 6.72. The average Bonchev–Trinajstić information content (AvgIpc) is 2.59. The molecule has 130 valence electrons. The second-order valence-electron chi connectivity index (χ2n) is 6.13. The van der Waals surface area contributed by atoms with Crippen molar-refractivity contribution in [1.29, 1.82) is 0 Å². The lowest BCUT2D eigenvalue weighted by molar-refractivity contribution is 0.286. The zero-order chi connectivity index (χ0) is 17.2. The van der Waals surface area contributed by atoms with E-state index < -0.39 is 0 Å². The van der Waals surface area contributed by atoms with Crippen LogP contribution in [-0.2, 0) is 13.1 Å². The number of rotatable bonds is 10. The molecule has 2 aromatic rings. The maximum Gasteiger partial charge on any atom is 0.161 e. The number of unbranched alkanes of at least 4 members (excludes halogenated alkanes) is 2. The lowest BCUT2D eigenvalue weighted by Gasteiger charge is -2.13. The molecule has 0 spiro atoms. The van der Waals surface area contributed by atoms with E-state index in [0.29, 0.717) is 0 Å². The summed E-state index contributed by atoms with van der Waals surface area (Å²) in [6, 6.07) is 14.7.